The number of rotatable bonds is 5. The lowest BCUT2D eigenvalue weighted by atomic mass is 9.92. The molecule has 0 heterocycles. The lowest BCUT2D eigenvalue weighted by Gasteiger charge is -2.16. The second-order valence-electron chi connectivity index (χ2n) is 6.43. The summed E-state index contributed by atoms with van der Waals surface area (Å²) in [5.74, 6) is 0.578. The van der Waals surface area contributed by atoms with Crippen LogP contribution >= 0.6 is 11.6 Å². The highest BCUT2D eigenvalue weighted by atomic mass is 35.5. The molecule has 0 unspecified atom stereocenters. The van der Waals surface area contributed by atoms with Gasteiger partial charge in [-0.25, -0.2) is 0 Å². The van der Waals surface area contributed by atoms with Crippen LogP contribution in [0.4, 0.5) is 0 Å². The van der Waals surface area contributed by atoms with E-state index in [1.807, 2.05) is 0 Å². The minimum atomic E-state index is 0.421. The minimum Gasteiger partial charge on any atom is -0.487 e. The van der Waals surface area contributed by atoms with Gasteiger partial charge in [-0.3, -0.25) is 4.79 Å². The molecule has 3 aromatic rings. The molecule has 0 aromatic heterocycles. The molecule has 0 radical (unpaired) electrons. The third-order valence-electron chi connectivity index (χ3n) is 4.82. The predicted molar refractivity (Wildman–Crippen MR) is 107 cm³/mol. The molecule has 3 aromatic carbocycles. The summed E-state index contributed by atoms with van der Waals surface area (Å²) in [7, 11) is 0. The van der Waals surface area contributed by atoms with E-state index in [0.29, 0.717) is 22.9 Å². The zero-order valence-corrected chi connectivity index (χ0v) is 15.9. The monoisotopic (exact) mass is 364 g/mol. The number of hydrogen-bond donors (Lipinski definition) is 0. The van der Waals surface area contributed by atoms with E-state index in [1.165, 1.54) is 27.8 Å². The zero-order chi connectivity index (χ0) is 18.7. The molecule has 2 nitrogen and oxygen atoms in total. The van der Waals surface area contributed by atoms with Crippen LogP contribution in [0.25, 0.3) is 11.1 Å². The van der Waals surface area contributed by atoms with Crippen LogP contribution in [0.5, 0.6) is 5.75 Å². The van der Waals surface area contributed by atoms with E-state index in [9.17, 15) is 4.79 Å². The van der Waals surface area contributed by atoms with Crippen molar-refractivity contribution in [2.45, 2.75) is 27.4 Å². The van der Waals surface area contributed by atoms with Crippen molar-refractivity contribution in [3.8, 4) is 16.9 Å². The van der Waals surface area contributed by atoms with Crippen LogP contribution in [-0.4, -0.2) is 6.29 Å². The summed E-state index contributed by atoms with van der Waals surface area (Å²) in [6.45, 7) is 6.82. The van der Waals surface area contributed by atoms with Gasteiger partial charge < -0.3 is 4.74 Å². The maximum absolute atomic E-state index is 10.8. The van der Waals surface area contributed by atoms with Crippen molar-refractivity contribution in [1.29, 1.82) is 0 Å². The highest BCUT2D eigenvalue weighted by molar-refractivity contribution is 6.32. The highest BCUT2D eigenvalue weighted by Crippen LogP contribution is 2.31. The highest BCUT2D eigenvalue weighted by Gasteiger charge is 2.11. The summed E-state index contributed by atoms with van der Waals surface area (Å²) in [5, 5.41) is 0.443. The summed E-state index contributed by atoms with van der Waals surface area (Å²) in [4.78, 5) is 10.8. The Kier molecular flexibility index (Phi) is 5.43. The van der Waals surface area contributed by atoms with Gasteiger partial charge in [-0.05, 0) is 72.4 Å². The molecule has 0 aliphatic carbocycles. The predicted octanol–water partition coefficient (Wildman–Crippen LogP) is 6.32. The van der Waals surface area contributed by atoms with Gasteiger partial charge in [-0.1, -0.05) is 48.0 Å². The second-order valence-corrected chi connectivity index (χ2v) is 6.84. The molecule has 0 saturated carbocycles. The van der Waals surface area contributed by atoms with Crippen LogP contribution in [0.2, 0.25) is 5.02 Å². The number of ether oxygens (including phenoxy) is 1. The standard InChI is InChI=1S/C23H21ClO2/c1-15-6-4-8-20(16(15)2)21-9-5-7-19(17(21)3)14-26-23-11-10-18(13-25)12-22(23)24/h4-13H,14H2,1-3H3. The average Bonchev–Trinajstić information content (AvgIpc) is 2.64. The van der Waals surface area contributed by atoms with Crippen molar-refractivity contribution >= 4 is 17.9 Å². The lowest BCUT2D eigenvalue weighted by molar-refractivity contribution is 0.112. The van der Waals surface area contributed by atoms with Crippen LogP contribution in [0.1, 0.15) is 32.6 Å². The number of hydrogen-bond acceptors (Lipinski definition) is 2. The summed E-state index contributed by atoms with van der Waals surface area (Å²) < 4.78 is 5.90. The van der Waals surface area contributed by atoms with E-state index in [-0.39, 0.29) is 0 Å². The normalized spacial score (nSPS) is 10.6. The van der Waals surface area contributed by atoms with Gasteiger partial charge in [0.25, 0.3) is 0 Å². The summed E-state index contributed by atoms with van der Waals surface area (Å²) in [6.07, 6.45) is 0.771. The van der Waals surface area contributed by atoms with Gasteiger partial charge in [0.15, 0.2) is 0 Å². The quantitative estimate of drug-likeness (QED) is 0.495. The fourth-order valence-electron chi connectivity index (χ4n) is 3.04. The summed E-state index contributed by atoms with van der Waals surface area (Å²) in [5.41, 5.74) is 7.88. The van der Waals surface area contributed by atoms with Crippen molar-refractivity contribution in [3.05, 3.63) is 87.4 Å². The maximum Gasteiger partial charge on any atom is 0.150 e. The largest absolute Gasteiger partial charge is 0.487 e. The van der Waals surface area contributed by atoms with Gasteiger partial charge >= 0.3 is 0 Å². The Morgan fingerprint density at radius 1 is 0.923 bits per heavy atom. The second kappa shape index (κ2) is 7.76. The fraction of sp³-hybridized carbons (Fsp3) is 0.174. The Morgan fingerprint density at radius 3 is 2.31 bits per heavy atom. The number of carbonyl (C=O) groups is 1. The Labute approximate surface area is 159 Å². The van der Waals surface area contributed by atoms with E-state index in [1.54, 1.807) is 18.2 Å². The number of benzene rings is 3. The third kappa shape index (κ3) is 3.66. The maximum atomic E-state index is 10.8. The molecule has 0 atom stereocenters. The molecule has 0 N–H and O–H groups in total. The molecule has 3 heteroatoms. The molecule has 0 spiro atoms. The van der Waals surface area contributed by atoms with E-state index in [4.69, 9.17) is 16.3 Å². The topological polar surface area (TPSA) is 26.3 Å². The van der Waals surface area contributed by atoms with Crippen LogP contribution in [0.15, 0.2) is 54.6 Å². The number of aryl methyl sites for hydroxylation is 1. The van der Waals surface area contributed by atoms with Gasteiger partial charge in [0.1, 0.15) is 18.6 Å². The van der Waals surface area contributed by atoms with Crippen LogP contribution in [0, 0.1) is 20.8 Å². The third-order valence-corrected chi connectivity index (χ3v) is 5.11. The molecule has 26 heavy (non-hydrogen) atoms. The average molecular weight is 365 g/mol. The van der Waals surface area contributed by atoms with Gasteiger partial charge in [0, 0.05) is 5.56 Å². The SMILES string of the molecule is Cc1cccc(-c2cccc(COc3ccc(C=O)cc3Cl)c2C)c1C. The van der Waals surface area contributed by atoms with Gasteiger partial charge in [-0.15, -0.1) is 0 Å². The molecule has 0 aliphatic heterocycles. The molecular formula is C23H21ClO2. The van der Waals surface area contributed by atoms with Gasteiger partial charge in [-0.2, -0.15) is 0 Å². The number of aldehydes is 1. The molecule has 0 fully saturated rings. The number of carbonyl (C=O) groups excluding carboxylic acids is 1. The van der Waals surface area contributed by atoms with Crippen molar-refractivity contribution in [3.63, 3.8) is 0 Å². The van der Waals surface area contributed by atoms with E-state index < -0.39 is 0 Å². The molecular weight excluding hydrogens is 344 g/mol. The molecule has 0 amide bonds. The Bertz CT molecular complexity index is 960. The summed E-state index contributed by atoms with van der Waals surface area (Å²) >= 11 is 6.20. The van der Waals surface area contributed by atoms with E-state index in [2.05, 4.69) is 57.2 Å². The molecule has 132 valence electrons. The van der Waals surface area contributed by atoms with Gasteiger partial charge in [0.2, 0.25) is 0 Å². The van der Waals surface area contributed by atoms with Crippen molar-refractivity contribution in [2.24, 2.45) is 0 Å². The van der Waals surface area contributed by atoms with Crippen LogP contribution in [-0.2, 0) is 6.61 Å². The minimum absolute atomic E-state index is 0.421. The zero-order valence-electron chi connectivity index (χ0n) is 15.2. The lowest BCUT2D eigenvalue weighted by Crippen LogP contribution is -2.00. The van der Waals surface area contributed by atoms with Gasteiger partial charge in [0.05, 0.1) is 5.02 Å². The fourth-order valence-corrected chi connectivity index (χ4v) is 3.28. The summed E-state index contributed by atoms with van der Waals surface area (Å²) in [6, 6.07) is 17.7. The van der Waals surface area contributed by atoms with Crippen molar-refractivity contribution in [1.82, 2.24) is 0 Å². The van der Waals surface area contributed by atoms with Crippen LogP contribution in [0.3, 0.4) is 0 Å². The first-order valence-corrected chi connectivity index (χ1v) is 8.91. The molecule has 0 aliphatic rings. The van der Waals surface area contributed by atoms with Crippen molar-refractivity contribution < 1.29 is 9.53 Å². The Balaban J connectivity index is 1.88. The Morgan fingerprint density at radius 2 is 1.62 bits per heavy atom. The first-order valence-electron chi connectivity index (χ1n) is 8.54. The molecule has 0 bridgehead atoms. The molecule has 3 rings (SSSR count). The van der Waals surface area contributed by atoms with E-state index in [0.717, 1.165) is 11.8 Å². The Hall–Kier alpha value is -2.58. The van der Waals surface area contributed by atoms with Crippen molar-refractivity contribution in [2.75, 3.05) is 0 Å². The number of halogens is 1. The van der Waals surface area contributed by atoms with Crippen LogP contribution < -0.4 is 4.74 Å². The first kappa shape index (κ1) is 18.2. The molecule has 0 saturated heterocycles. The smallest absolute Gasteiger partial charge is 0.150 e. The van der Waals surface area contributed by atoms with E-state index >= 15 is 0 Å². The first-order chi connectivity index (χ1) is 12.5.